The van der Waals surface area contributed by atoms with Crippen LogP contribution in [-0.4, -0.2) is 36.1 Å². The van der Waals surface area contributed by atoms with Gasteiger partial charge in [0.15, 0.2) is 11.5 Å². The Balaban J connectivity index is 2.26. The highest BCUT2D eigenvalue weighted by Gasteiger charge is 2.31. The summed E-state index contributed by atoms with van der Waals surface area (Å²) in [6.07, 6.45) is 5.20. The van der Waals surface area contributed by atoms with Crippen LogP contribution in [0.25, 0.3) is 0 Å². The Morgan fingerprint density at radius 3 is 2.95 bits per heavy atom. The number of ether oxygens (including phenoxy) is 2. The summed E-state index contributed by atoms with van der Waals surface area (Å²) in [5.41, 5.74) is 0.843. The molecule has 1 saturated heterocycles. The maximum atomic E-state index is 11.0. The second-order valence-electron chi connectivity index (χ2n) is 4.53. The van der Waals surface area contributed by atoms with E-state index in [0.717, 1.165) is 5.56 Å². The van der Waals surface area contributed by atoms with E-state index >= 15 is 0 Å². The molecule has 2 atom stereocenters. The number of benzene rings is 1. The molecule has 0 spiro atoms. The Bertz CT molecular complexity index is 602. The lowest BCUT2D eigenvalue weighted by Crippen LogP contribution is -2.33. The third-order valence-electron chi connectivity index (χ3n) is 3.01. The first-order valence-corrected chi connectivity index (χ1v) is 8.12. The van der Waals surface area contributed by atoms with Gasteiger partial charge in [0, 0.05) is 5.75 Å². The van der Waals surface area contributed by atoms with Crippen molar-refractivity contribution >= 4 is 29.3 Å². The minimum atomic E-state index is -0.861. The van der Waals surface area contributed by atoms with Gasteiger partial charge in [0.05, 0.1) is 17.0 Å². The summed E-state index contributed by atoms with van der Waals surface area (Å²) in [6, 6.07) is 2.97. The maximum absolute atomic E-state index is 11.0. The van der Waals surface area contributed by atoms with Crippen LogP contribution in [0.15, 0.2) is 12.1 Å². The van der Waals surface area contributed by atoms with Gasteiger partial charge in [0.1, 0.15) is 12.6 Å². The third kappa shape index (κ3) is 3.80. The van der Waals surface area contributed by atoms with Crippen molar-refractivity contribution in [2.24, 2.45) is 0 Å². The standard InChI is InChI=1S/C15H16ClNO4S/c1-3-5-21-13-10(16)6-9(7-12(13)20-4-2)14-17-11(8-22-14)15(18)19/h1,6-7,11,14,17H,4-5,8H2,2H3,(H,18,19)/t11-,14-/m1/s1. The van der Waals surface area contributed by atoms with Gasteiger partial charge in [-0.2, -0.15) is 0 Å². The molecule has 0 unspecified atom stereocenters. The van der Waals surface area contributed by atoms with Gasteiger partial charge < -0.3 is 14.6 Å². The fourth-order valence-corrected chi connectivity index (χ4v) is 3.55. The molecule has 0 aliphatic carbocycles. The number of aliphatic carboxylic acids is 1. The van der Waals surface area contributed by atoms with Gasteiger partial charge in [-0.15, -0.1) is 18.2 Å². The van der Waals surface area contributed by atoms with E-state index in [2.05, 4.69) is 11.2 Å². The number of carboxylic acid groups (broad SMARTS) is 1. The van der Waals surface area contributed by atoms with Crippen LogP contribution in [0.5, 0.6) is 11.5 Å². The summed E-state index contributed by atoms with van der Waals surface area (Å²) in [6.45, 7) is 2.40. The first kappa shape index (κ1) is 16.8. The molecule has 0 radical (unpaired) electrons. The van der Waals surface area contributed by atoms with E-state index in [1.807, 2.05) is 6.92 Å². The zero-order chi connectivity index (χ0) is 16.1. The minimum Gasteiger partial charge on any atom is -0.490 e. The highest BCUT2D eigenvalue weighted by atomic mass is 35.5. The molecular weight excluding hydrogens is 326 g/mol. The average molecular weight is 342 g/mol. The van der Waals surface area contributed by atoms with Gasteiger partial charge in [-0.1, -0.05) is 17.5 Å². The Hall–Kier alpha value is -1.55. The second kappa shape index (κ2) is 7.63. The first-order valence-electron chi connectivity index (χ1n) is 6.69. The lowest BCUT2D eigenvalue weighted by atomic mass is 10.2. The largest absolute Gasteiger partial charge is 0.490 e. The molecule has 22 heavy (non-hydrogen) atoms. The quantitative estimate of drug-likeness (QED) is 0.775. The molecule has 1 fully saturated rings. The molecule has 1 aromatic rings. The molecule has 5 nitrogen and oxygen atoms in total. The van der Waals surface area contributed by atoms with Crippen molar-refractivity contribution in [1.29, 1.82) is 0 Å². The Labute approximate surface area is 138 Å². The summed E-state index contributed by atoms with van der Waals surface area (Å²) in [4.78, 5) is 11.0. The van der Waals surface area contributed by atoms with Crippen molar-refractivity contribution in [3.8, 4) is 23.8 Å². The van der Waals surface area contributed by atoms with E-state index in [9.17, 15) is 4.79 Å². The monoisotopic (exact) mass is 341 g/mol. The summed E-state index contributed by atoms with van der Waals surface area (Å²) >= 11 is 7.77. The number of hydrogen-bond acceptors (Lipinski definition) is 5. The molecule has 118 valence electrons. The third-order valence-corrected chi connectivity index (χ3v) is 4.56. The topological polar surface area (TPSA) is 67.8 Å². The maximum Gasteiger partial charge on any atom is 0.321 e. The predicted molar refractivity (Wildman–Crippen MR) is 86.7 cm³/mol. The van der Waals surface area contributed by atoms with Gasteiger partial charge in [-0.3, -0.25) is 10.1 Å². The van der Waals surface area contributed by atoms with Gasteiger partial charge in [0.2, 0.25) is 0 Å². The molecule has 7 heteroatoms. The Morgan fingerprint density at radius 1 is 1.59 bits per heavy atom. The van der Waals surface area contributed by atoms with E-state index in [-0.39, 0.29) is 12.0 Å². The smallest absolute Gasteiger partial charge is 0.321 e. The van der Waals surface area contributed by atoms with Gasteiger partial charge in [0.25, 0.3) is 0 Å². The first-order chi connectivity index (χ1) is 10.6. The van der Waals surface area contributed by atoms with Crippen LogP contribution in [0.1, 0.15) is 17.9 Å². The molecule has 1 heterocycles. The molecule has 0 saturated carbocycles. The number of thioether (sulfide) groups is 1. The molecule has 1 aromatic carbocycles. The molecule has 0 amide bonds. The van der Waals surface area contributed by atoms with Crippen LogP contribution in [0.4, 0.5) is 0 Å². The van der Waals surface area contributed by atoms with Crippen molar-refractivity contribution < 1.29 is 19.4 Å². The van der Waals surface area contributed by atoms with Gasteiger partial charge >= 0.3 is 5.97 Å². The van der Waals surface area contributed by atoms with Crippen molar-refractivity contribution in [3.63, 3.8) is 0 Å². The van der Waals surface area contributed by atoms with E-state index in [1.165, 1.54) is 11.8 Å². The average Bonchev–Trinajstić information content (AvgIpc) is 2.96. The van der Waals surface area contributed by atoms with Crippen molar-refractivity contribution in [3.05, 3.63) is 22.7 Å². The van der Waals surface area contributed by atoms with Crippen LogP contribution in [0.3, 0.4) is 0 Å². The zero-order valence-corrected chi connectivity index (χ0v) is 13.5. The number of hydrogen-bond donors (Lipinski definition) is 2. The number of halogens is 1. The van der Waals surface area contributed by atoms with Crippen LogP contribution < -0.4 is 14.8 Å². The Morgan fingerprint density at radius 2 is 2.36 bits per heavy atom. The number of carbonyl (C=O) groups is 1. The highest BCUT2D eigenvalue weighted by Crippen LogP contribution is 2.42. The zero-order valence-electron chi connectivity index (χ0n) is 12.0. The van der Waals surface area contributed by atoms with Crippen LogP contribution in [0, 0.1) is 12.3 Å². The normalized spacial score (nSPS) is 20.4. The van der Waals surface area contributed by atoms with Crippen molar-refractivity contribution in [2.45, 2.75) is 18.3 Å². The van der Waals surface area contributed by atoms with Crippen molar-refractivity contribution in [2.75, 3.05) is 19.0 Å². The lowest BCUT2D eigenvalue weighted by Gasteiger charge is -2.17. The van der Waals surface area contributed by atoms with E-state index in [1.54, 1.807) is 12.1 Å². The van der Waals surface area contributed by atoms with E-state index in [0.29, 0.717) is 28.9 Å². The molecule has 2 rings (SSSR count). The fraction of sp³-hybridized carbons (Fsp3) is 0.400. The second-order valence-corrected chi connectivity index (χ2v) is 6.07. The SMILES string of the molecule is C#CCOc1c(Cl)cc([C@@H]2N[C@@H](C(=O)O)CS2)cc1OCC. The number of nitrogens with one attached hydrogen (secondary N) is 1. The number of rotatable bonds is 6. The summed E-state index contributed by atoms with van der Waals surface area (Å²) in [5.74, 6) is 2.93. The van der Waals surface area contributed by atoms with Crippen LogP contribution in [-0.2, 0) is 4.79 Å². The Kier molecular flexibility index (Phi) is 5.83. The van der Waals surface area contributed by atoms with E-state index in [4.69, 9.17) is 32.6 Å². The number of carboxylic acids is 1. The summed E-state index contributed by atoms with van der Waals surface area (Å²) in [7, 11) is 0. The van der Waals surface area contributed by atoms with Crippen molar-refractivity contribution in [1.82, 2.24) is 5.32 Å². The van der Waals surface area contributed by atoms with Gasteiger partial charge in [-0.05, 0) is 24.6 Å². The van der Waals surface area contributed by atoms with Gasteiger partial charge in [-0.25, -0.2) is 0 Å². The molecular formula is C15H16ClNO4S. The van der Waals surface area contributed by atoms with E-state index < -0.39 is 12.0 Å². The summed E-state index contributed by atoms with van der Waals surface area (Å²) < 4.78 is 11.0. The molecule has 1 aliphatic heterocycles. The van der Waals surface area contributed by atoms with Crippen LogP contribution in [0.2, 0.25) is 5.02 Å². The predicted octanol–water partition coefficient (Wildman–Crippen LogP) is 2.54. The highest BCUT2D eigenvalue weighted by molar-refractivity contribution is 7.99. The fourth-order valence-electron chi connectivity index (χ4n) is 2.06. The molecule has 0 bridgehead atoms. The summed E-state index contributed by atoms with van der Waals surface area (Å²) in [5, 5.41) is 12.3. The molecule has 1 aliphatic rings. The van der Waals surface area contributed by atoms with Crippen LogP contribution >= 0.6 is 23.4 Å². The molecule has 2 N–H and O–H groups in total. The lowest BCUT2D eigenvalue weighted by molar-refractivity contribution is -0.138. The number of terminal acetylenes is 1. The molecule has 0 aromatic heterocycles. The minimum absolute atomic E-state index is 0.0939.